The number of aromatic amines is 1. The topological polar surface area (TPSA) is 87.2 Å². The molecule has 8 nitrogen and oxygen atoms in total. The van der Waals surface area contributed by atoms with Gasteiger partial charge in [-0.15, -0.1) is 0 Å². The number of fused-ring (bicyclic) bond motifs is 1. The molecule has 2 aromatic heterocycles. The zero-order valence-electron chi connectivity index (χ0n) is 20.6. The van der Waals surface area contributed by atoms with Gasteiger partial charge >= 0.3 is 0 Å². The lowest BCUT2D eigenvalue weighted by Crippen LogP contribution is -2.35. The molecule has 2 atom stereocenters. The van der Waals surface area contributed by atoms with Gasteiger partial charge in [-0.05, 0) is 55.1 Å². The van der Waals surface area contributed by atoms with Gasteiger partial charge < -0.3 is 14.5 Å². The van der Waals surface area contributed by atoms with Crippen LogP contribution in [0.3, 0.4) is 0 Å². The smallest absolute Gasteiger partial charge is 0.227 e. The number of ether oxygens (including phenoxy) is 1. The van der Waals surface area contributed by atoms with E-state index in [1.165, 1.54) is 12.5 Å². The van der Waals surface area contributed by atoms with Gasteiger partial charge in [0.2, 0.25) is 11.9 Å². The van der Waals surface area contributed by atoms with E-state index in [-0.39, 0.29) is 12.3 Å². The first-order valence-corrected chi connectivity index (χ1v) is 13.3. The summed E-state index contributed by atoms with van der Waals surface area (Å²) >= 11 is 5.90. The molecule has 1 saturated carbocycles. The van der Waals surface area contributed by atoms with Crippen molar-refractivity contribution in [3.8, 4) is 5.75 Å². The number of H-pyrrole nitrogens is 1. The quantitative estimate of drug-likeness (QED) is 0.470. The molecule has 1 aromatic carbocycles. The summed E-state index contributed by atoms with van der Waals surface area (Å²) in [5.41, 5.74) is 2.37. The number of anilines is 1. The summed E-state index contributed by atoms with van der Waals surface area (Å²) in [6.07, 6.45) is 9.61. The zero-order chi connectivity index (χ0) is 25.4. The van der Waals surface area contributed by atoms with Crippen LogP contribution in [0, 0.1) is 23.6 Å². The molecule has 1 aliphatic carbocycles. The van der Waals surface area contributed by atoms with E-state index in [9.17, 15) is 9.18 Å². The average molecular weight is 525 g/mol. The zero-order valence-corrected chi connectivity index (χ0v) is 21.3. The van der Waals surface area contributed by atoms with E-state index in [4.69, 9.17) is 16.3 Å². The summed E-state index contributed by atoms with van der Waals surface area (Å²) in [6.45, 7) is 3.54. The number of halogens is 2. The van der Waals surface area contributed by atoms with Crippen molar-refractivity contribution in [3.05, 3.63) is 64.5 Å². The second-order valence-electron chi connectivity index (χ2n) is 10.4. The van der Waals surface area contributed by atoms with Gasteiger partial charge in [-0.3, -0.25) is 9.89 Å². The van der Waals surface area contributed by atoms with Gasteiger partial charge in [-0.1, -0.05) is 17.7 Å². The van der Waals surface area contributed by atoms with E-state index in [0.29, 0.717) is 41.9 Å². The number of piperidine rings is 1. The monoisotopic (exact) mass is 524 g/mol. The second-order valence-corrected chi connectivity index (χ2v) is 10.8. The number of nitrogens with zero attached hydrogens (tertiary/aromatic N) is 5. The number of carbonyl (C=O) groups is 1. The van der Waals surface area contributed by atoms with E-state index < -0.39 is 5.82 Å². The van der Waals surface area contributed by atoms with Crippen molar-refractivity contribution in [3.63, 3.8) is 0 Å². The number of hydrogen-bond donors (Lipinski definition) is 1. The molecule has 4 heterocycles. The Labute approximate surface area is 220 Å². The van der Waals surface area contributed by atoms with Crippen LogP contribution in [0.2, 0.25) is 5.02 Å². The van der Waals surface area contributed by atoms with Crippen LogP contribution >= 0.6 is 11.6 Å². The van der Waals surface area contributed by atoms with Crippen molar-refractivity contribution in [2.75, 3.05) is 24.6 Å². The van der Waals surface area contributed by atoms with Gasteiger partial charge in [0, 0.05) is 31.3 Å². The summed E-state index contributed by atoms with van der Waals surface area (Å²) in [5.74, 6) is 2.96. The Bertz CT molecular complexity index is 1240. The van der Waals surface area contributed by atoms with Gasteiger partial charge in [-0.25, -0.2) is 14.4 Å². The lowest BCUT2D eigenvalue weighted by Gasteiger charge is -2.32. The van der Waals surface area contributed by atoms with E-state index in [2.05, 4.69) is 25.1 Å². The summed E-state index contributed by atoms with van der Waals surface area (Å²) in [5, 5.41) is 7.44. The predicted molar refractivity (Wildman–Crippen MR) is 137 cm³/mol. The number of aromatic nitrogens is 4. The van der Waals surface area contributed by atoms with Gasteiger partial charge in [-0.2, -0.15) is 5.10 Å². The Hall–Kier alpha value is -3.20. The van der Waals surface area contributed by atoms with Gasteiger partial charge in [0.25, 0.3) is 0 Å². The first-order valence-electron chi connectivity index (χ1n) is 13.0. The Morgan fingerprint density at radius 3 is 2.73 bits per heavy atom. The number of rotatable bonds is 8. The highest BCUT2D eigenvalue weighted by Crippen LogP contribution is 2.49. The number of carbonyl (C=O) groups excluding carboxylic acids is 1. The minimum absolute atomic E-state index is 0.0382. The maximum absolute atomic E-state index is 14.7. The molecule has 0 spiro atoms. The minimum atomic E-state index is -0.397. The number of hydrogen-bond acceptors (Lipinski definition) is 6. The van der Waals surface area contributed by atoms with Crippen molar-refractivity contribution in [2.24, 2.45) is 17.8 Å². The van der Waals surface area contributed by atoms with Crippen LogP contribution in [0.15, 0.2) is 36.8 Å². The Kier molecular flexibility index (Phi) is 6.71. The molecule has 3 aromatic rings. The van der Waals surface area contributed by atoms with Gasteiger partial charge in [0.15, 0.2) is 0 Å². The predicted octanol–water partition coefficient (Wildman–Crippen LogP) is 4.40. The summed E-state index contributed by atoms with van der Waals surface area (Å²) in [6, 6.07) is 4.83. The van der Waals surface area contributed by atoms with Crippen LogP contribution in [0.4, 0.5) is 10.3 Å². The molecular formula is C27H30ClFN6O2. The largest absolute Gasteiger partial charge is 0.493 e. The van der Waals surface area contributed by atoms with Crippen molar-refractivity contribution in [1.82, 2.24) is 25.1 Å². The molecule has 194 valence electrons. The lowest BCUT2D eigenvalue weighted by atomic mass is 9.90. The third kappa shape index (κ3) is 5.42. The highest BCUT2D eigenvalue weighted by atomic mass is 35.5. The van der Waals surface area contributed by atoms with Crippen molar-refractivity contribution < 1.29 is 13.9 Å². The highest BCUT2D eigenvalue weighted by Gasteiger charge is 2.43. The maximum atomic E-state index is 14.7. The van der Waals surface area contributed by atoms with Gasteiger partial charge in [0.05, 0.1) is 48.9 Å². The first-order chi connectivity index (χ1) is 18.0. The molecule has 1 N–H and O–H groups in total. The molecule has 37 heavy (non-hydrogen) atoms. The molecule has 1 amide bonds. The Morgan fingerprint density at radius 1 is 1.16 bits per heavy atom. The molecule has 0 unspecified atom stereocenters. The van der Waals surface area contributed by atoms with E-state index >= 15 is 0 Å². The van der Waals surface area contributed by atoms with Crippen LogP contribution < -0.4 is 9.64 Å². The third-order valence-corrected chi connectivity index (χ3v) is 8.20. The first kappa shape index (κ1) is 24.2. The van der Waals surface area contributed by atoms with Crippen molar-refractivity contribution in [1.29, 1.82) is 0 Å². The molecular weight excluding hydrogens is 495 g/mol. The van der Waals surface area contributed by atoms with Crippen LogP contribution in [-0.2, 0) is 24.3 Å². The maximum Gasteiger partial charge on any atom is 0.227 e. The van der Waals surface area contributed by atoms with Crippen LogP contribution in [0.5, 0.6) is 5.75 Å². The average Bonchev–Trinajstić information content (AvgIpc) is 3.33. The van der Waals surface area contributed by atoms with Gasteiger partial charge in [0.1, 0.15) is 11.6 Å². The summed E-state index contributed by atoms with van der Waals surface area (Å²) < 4.78 is 20.6. The van der Waals surface area contributed by atoms with Crippen molar-refractivity contribution in [2.45, 2.75) is 45.2 Å². The van der Waals surface area contributed by atoms with E-state index in [1.54, 1.807) is 35.6 Å². The Morgan fingerprint density at radius 2 is 1.97 bits per heavy atom. The molecule has 3 aliphatic rings. The lowest BCUT2D eigenvalue weighted by molar-refractivity contribution is -0.131. The third-order valence-electron chi connectivity index (χ3n) is 8.01. The number of benzene rings is 1. The van der Waals surface area contributed by atoms with Crippen molar-refractivity contribution >= 4 is 23.5 Å². The number of nitrogens with one attached hydrogen (secondary N) is 1. The number of amides is 1. The molecule has 0 bridgehead atoms. The fourth-order valence-corrected chi connectivity index (χ4v) is 5.88. The fraction of sp³-hybridized carbons (Fsp3) is 0.481. The van der Waals surface area contributed by atoms with Crippen LogP contribution in [0.1, 0.15) is 42.5 Å². The second kappa shape index (κ2) is 10.3. The molecule has 10 heteroatoms. The molecule has 2 fully saturated rings. The normalized spacial score (nSPS) is 21.2. The Balaban J connectivity index is 0.919. The summed E-state index contributed by atoms with van der Waals surface area (Å²) in [7, 11) is 0. The minimum Gasteiger partial charge on any atom is -0.493 e. The molecule has 1 saturated heterocycles. The molecule has 0 radical (unpaired) electrons. The summed E-state index contributed by atoms with van der Waals surface area (Å²) in [4.78, 5) is 25.2. The van der Waals surface area contributed by atoms with Crippen LogP contribution in [0.25, 0.3) is 0 Å². The fourth-order valence-electron chi connectivity index (χ4n) is 5.78. The van der Waals surface area contributed by atoms with E-state index in [1.807, 2.05) is 0 Å². The SMILES string of the molecule is O=C(Cc1ccc(OCC[C@@H]2C[C@@H]2C2CCN(c3ncc(Cl)cn3)CC2)cc1F)N1Cc2cn[nH]c2C1. The molecule has 2 aliphatic heterocycles. The van der Waals surface area contributed by atoms with E-state index in [0.717, 1.165) is 61.4 Å². The van der Waals surface area contributed by atoms with Crippen LogP contribution in [-0.4, -0.2) is 50.7 Å². The molecule has 6 rings (SSSR count). The highest BCUT2D eigenvalue weighted by molar-refractivity contribution is 6.30. The standard InChI is InChI=1S/C27H30ClFN6O2/c28-21-13-30-27(31-14-21)34-6-3-17(4-7-34)23-9-18(23)5-8-37-22-2-1-19(24(29)11-22)10-26(36)35-15-20-12-32-33-25(20)16-35/h1-2,11-14,17-18,23H,3-10,15-16H2,(H,32,33)/t18-,23-/m1/s1.